The van der Waals surface area contributed by atoms with E-state index in [-0.39, 0.29) is 10.9 Å². The van der Waals surface area contributed by atoms with Crippen LogP contribution < -0.4 is 14.8 Å². The van der Waals surface area contributed by atoms with Crippen LogP contribution in [0.25, 0.3) is 11.1 Å². The normalized spacial score (nSPS) is 13.2. The zero-order chi connectivity index (χ0) is 19.3. The number of benzene rings is 2. The summed E-state index contributed by atoms with van der Waals surface area (Å²) in [5.41, 5.74) is 1.86. The van der Waals surface area contributed by atoms with E-state index < -0.39 is 0 Å². The molecule has 0 saturated carbocycles. The molecule has 0 fully saturated rings. The van der Waals surface area contributed by atoms with Crippen LogP contribution in [0.3, 0.4) is 0 Å². The van der Waals surface area contributed by atoms with E-state index in [2.05, 4.69) is 15.5 Å². The average Bonchev–Trinajstić information content (AvgIpc) is 3.23. The van der Waals surface area contributed by atoms with E-state index in [1.165, 1.54) is 0 Å². The van der Waals surface area contributed by atoms with Crippen molar-refractivity contribution in [2.75, 3.05) is 13.2 Å². The van der Waals surface area contributed by atoms with Crippen molar-refractivity contribution in [2.45, 2.75) is 6.54 Å². The van der Waals surface area contributed by atoms with Gasteiger partial charge in [0.2, 0.25) is 5.01 Å². The SMILES string of the molecule is O=C(NCc1ccccc1)c1nnc(/C(Cl)=C/c2ccc3c(c2)OCCO3)s1. The van der Waals surface area contributed by atoms with Gasteiger partial charge < -0.3 is 14.8 Å². The first-order chi connectivity index (χ1) is 13.7. The van der Waals surface area contributed by atoms with Gasteiger partial charge in [-0.15, -0.1) is 10.2 Å². The lowest BCUT2D eigenvalue weighted by atomic mass is 10.2. The number of carbonyl (C=O) groups is 1. The molecule has 0 atom stereocenters. The summed E-state index contributed by atoms with van der Waals surface area (Å²) >= 11 is 7.52. The van der Waals surface area contributed by atoms with E-state index in [1.807, 2.05) is 48.5 Å². The van der Waals surface area contributed by atoms with Gasteiger partial charge in [-0.05, 0) is 29.3 Å². The van der Waals surface area contributed by atoms with Crippen LogP contribution in [-0.2, 0) is 6.54 Å². The summed E-state index contributed by atoms with van der Waals surface area (Å²) in [4.78, 5) is 12.3. The largest absolute Gasteiger partial charge is 0.486 e. The van der Waals surface area contributed by atoms with Crippen LogP contribution in [0.1, 0.15) is 25.9 Å². The maximum Gasteiger partial charge on any atom is 0.282 e. The third-order valence-corrected chi connectivity index (χ3v) is 5.33. The van der Waals surface area contributed by atoms with Crippen molar-refractivity contribution < 1.29 is 14.3 Å². The van der Waals surface area contributed by atoms with Crippen molar-refractivity contribution in [1.82, 2.24) is 15.5 Å². The lowest BCUT2D eigenvalue weighted by Gasteiger charge is -2.18. The molecule has 0 radical (unpaired) electrons. The number of aromatic nitrogens is 2. The number of fused-ring (bicyclic) bond motifs is 1. The lowest BCUT2D eigenvalue weighted by molar-refractivity contribution is 0.0950. The molecule has 1 amide bonds. The van der Waals surface area contributed by atoms with Crippen LogP contribution in [0.2, 0.25) is 0 Å². The first kappa shape index (κ1) is 18.5. The quantitative estimate of drug-likeness (QED) is 0.685. The number of hydrogen-bond donors (Lipinski definition) is 1. The van der Waals surface area contributed by atoms with Gasteiger partial charge >= 0.3 is 0 Å². The molecule has 0 bridgehead atoms. The molecule has 28 heavy (non-hydrogen) atoms. The van der Waals surface area contributed by atoms with Crippen molar-refractivity contribution in [1.29, 1.82) is 0 Å². The standard InChI is InChI=1S/C20H16ClN3O3S/c21-15(10-14-6-7-16-17(11-14)27-9-8-26-16)19-23-24-20(28-19)18(25)22-12-13-4-2-1-3-5-13/h1-7,10-11H,8-9,12H2,(H,22,25)/b15-10-. The molecule has 2 heterocycles. The predicted molar refractivity (Wildman–Crippen MR) is 109 cm³/mol. The molecule has 142 valence electrons. The summed E-state index contributed by atoms with van der Waals surface area (Å²) in [6, 6.07) is 15.2. The van der Waals surface area contributed by atoms with Gasteiger partial charge in [-0.3, -0.25) is 4.79 Å². The second kappa shape index (κ2) is 8.41. The van der Waals surface area contributed by atoms with Crippen molar-refractivity contribution in [2.24, 2.45) is 0 Å². The minimum Gasteiger partial charge on any atom is -0.486 e. The Hall–Kier alpha value is -2.90. The molecule has 4 rings (SSSR count). The molecular formula is C20H16ClN3O3S. The summed E-state index contributed by atoms with van der Waals surface area (Å²) in [5.74, 6) is 1.12. The molecule has 1 aliphatic heterocycles. The van der Waals surface area contributed by atoms with E-state index in [1.54, 1.807) is 6.08 Å². The third kappa shape index (κ3) is 4.32. The molecule has 0 saturated heterocycles. The number of amides is 1. The minimum atomic E-state index is -0.281. The zero-order valence-electron chi connectivity index (χ0n) is 14.7. The zero-order valence-corrected chi connectivity index (χ0v) is 16.3. The van der Waals surface area contributed by atoms with Crippen LogP contribution in [0.5, 0.6) is 11.5 Å². The van der Waals surface area contributed by atoms with Crippen LogP contribution in [0.4, 0.5) is 0 Å². The first-order valence-electron chi connectivity index (χ1n) is 8.62. The molecule has 3 aromatic rings. The van der Waals surface area contributed by atoms with E-state index in [9.17, 15) is 4.79 Å². The molecule has 1 N–H and O–H groups in total. The number of carbonyl (C=O) groups excluding carboxylic acids is 1. The van der Waals surface area contributed by atoms with Gasteiger partial charge in [0.1, 0.15) is 13.2 Å². The Labute approximate surface area is 170 Å². The Balaban J connectivity index is 1.44. The fourth-order valence-corrected chi connectivity index (χ4v) is 3.57. The van der Waals surface area contributed by atoms with Crippen molar-refractivity contribution in [3.63, 3.8) is 0 Å². The second-order valence-corrected chi connectivity index (χ2v) is 7.36. The molecule has 2 aromatic carbocycles. The highest BCUT2D eigenvalue weighted by Gasteiger charge is 2.15. The van der Waals surface area contributed by atoms with Gasteiger partial charge in [0.15, 0.2) is 16.5 Å². The van der Waals surface area contributed by atoms with Crippen LogP contribution in [-0.4, -0.2) is 29.3 Å². The van der Waals surface area contributed by atoms with Gasteiger partial charge in [0.05, 0.1) is 5.03 Å². The first-order valence-corrected chi connectivity index (χ1v) is 9.81. The smallest absolute Gasteiger partial charge is 0.282 e. The highest BCUT2D eigenvalue weighted by Crippen LogP contribution is 2.33. The van der Waals surface area contributed by atoms with Gasteiger partial charge in [0, 0.05) is 6.54 Å². The van der Waals surface area contributed by atoms with E-state index >= 15 is 0 Å². The Morgan fingerprint density at radius 1 is 1.07 bits per heavy atom. The monoisotopic (exact) mass is 413 g/mol. The van der Waals surface area contributed by atoms with Gasteiger partial charge in [-0.25, -0.2) is 0 Å². The molecule has 1 aliphatic rings. The molecular weight excluding hydrogens is 398 g/mol. The summed E-state index contributed by atoms with van der Waals surface area (Å²) in [7, 11) is 0. The van der Waals surface area contributed by atoms with Crippen molar-refractivity contribution in [3.05, 3.63) is 69.7 Å². The van der Waals surface area contributed by atoms with E-state index in [0.29, 0.717) is 41.3 Å². The van der Waals surface area contributed by atoms with Crippen LogP contribution in [0, 0.1) is 0 Å². The molecule has 0 aliphatic carbocycles. The third-order valence-electron chi connectivity index (χ3n) is 3.98. The molecule has 0 spiro atoms. The Morgan fingerprint density at radius 2 is 1.82 bits per heavy atom. The minimum absolute atomic E-state index is 0.264. The Kier molecular flexibility index (Phi) is 5.55. The van der Waals surface area contributed by atoms with Gasteiger partial charge in [-0.1, -0.05) is 59.3 Å². The topological polar surface area (TPSA) is 73.3 Å². The summed E-state index contributed by atoms with van der Waals surface area (Å²) in [6.45, 7) is 1.49. The predicted octanol–water partition coefficient (Wildman–Crippen LogP) is 3.98. The number of hydrogen-bond acceptors (Lipinski definition) is 6. The Bertz CT molecular complexity index is 1020. The second-order valence-electron chi connectivity index (χ2n) is 5.98. The summed E-state index contributed by atoms with van der Waals surface area (Å²) in [6.07, 6.45) is 1.76. The molecule has 0 unspecified atom stereocenters. The van der Waals surface area contributed by atoms with Crippen LogP contribution in [0.15, 0.2) is 48.5 Å². The van der Waals surface area contributed by atoms with Crippen molar-refractivity contribution in [3.8, 4) is 11.5 Å². The van der Waals surface area contributed by atoms with Crippen LogP contribution >= 0.6 is 22.9 Å². The van der Waals surface area contributed by atoms with Crippen molar-refractivity contribution >= 4 is 40.0 Å². The number of nitrogens with one attached hydrogen (secondary N) is 1. The maximum absolute atomic E-state index is 12.3. The molecule has 1 aromatic heterocycles. The molecule has 8 heteroatoms. The fraction of sp³-hybridized carbons (Fsp3) is 0.150. The van der Waals surface area contributed by atoms with E-state index in [4.69, 9.17) is 21.1 Å². The summed E-state index contributed by atoms with van der Waals surface area (Å²) < 4.78 is 11.1. The fourth-order valence-electron chi connectivity index (χ4n) is 2.62. The number of ether oxygens (including phenoxy) is 2. The number of halogens is 1. The maximum atomic E-state index is 12.3. The Morgan fingerprint density at radius 3 is 2.64 bits per heavy atom. The lowest BCUT2D eigenvalue weighted by Crippen LogP contribution is -2.22. The van der Waals surface area contributed by atoms with E-state index in [0.717, 1.165) is 22.5 Å². The molecule has 6 nitrogen and oxygen atoms in total. The average molecular weight is 414 g/mol. The highest BCUT2D eigenvalue weighted by molar-refractivity contribution is 7.15. The highest BCUT2D eigenvalue weighted by atomic mass is 35.5. The van der Waals surface area contributed by atoms with Gasteiger partial charge in [0.25, 0.3) is 5.91 Å². The summed E-state index contributed by atoms with van der Waals surface area (Å²) in [5, 5.41) is 11.9. The number of rotatable bonds is 5. The number of nitrogens with zero attached hydrogens (tertiary/aromatic N) is 2. The van der Waals surface area contributed by atoms with Gasteiger partial charge in [-0.2, -0.15) is 0 Å².